The molecular formula is C14H19N. The van der Waals surface area contributed by atoms with E-state index in [0.29, 0.717) is 0 Å². The van der Waals surface area contributed by atoms with Crippen molar-refractivity contribution in [1.29, 1.82) is 0 Å². The summed E-state index contributed by atoms with van der Waals surface area (Å²) in [6, 6.07) is 4.75. The standard InChI is InChI=1S/C14H19N/c1-10-2-3-12-5-4-11-6-8-15-9-7-13(11)14(10)12/h4-5,10,15H,2-3,6-9H2,1H3. The average Bonchev–Trinajstić information content (AvgIpc) is 2.51. The highest BCUT2D eigenvalue weighted by Crippen LogP contribution is 2.37. The largest absolute Gasteiger partial charge is 0.316 e. The maximum atomic E-state index is 3.50. The fourth-order valence-corrected chi connectivity index (χ4v) is 3.20. The van der Waals surface area contributed by atoms with Crippen molar-refractivity contribution >= 4 is 0 Å². The van der Waals surface area contributed by atoms with Gasteiger partial charge in [-0.1, -0.05) is 19.1 Å². The number of rotatable bonds is 0. The molecule has 0 aromatic heterocycles. The molecule has 1 unspecified atom stereocenters. The molecule has 0 fully saturated rings. The number of fused-ring (bicyclic) bond motifs is 3. The minimum Gasteiger partial charge on any atom is -0.316 e. The summed E-state index contributed by atoms with van der Waals surface area (Å²) in [5.41, 5.74) is 6.62. The minimum absolute atomic E-state index is 0.799. The molecule has 0 spiro atoms. The van der Waals surface area contributed by atoms with Crippen LogP contribution in [0.4, 0.5) is 0 Å². The van der Waals surface area contributed by atoms with E-state index in [0.717, 1.165) is 19.0 Å². The van der Waals surface area contributed by atoms with Crippen LogP contribution in [0, 0.1) is 0 Å². The second-order valence-corrected chi connectivity index (χ2v) is 4.97. The van der Waals surface area contributed by atoms with Crippen molar-refractivity contribution in [2.75, 3.05) is 13.1 Å². The van der Waals surface area contributed by atoms with Gasteiger partial charge in [-0.25, -0.2) is 0 Å². The number of hydrogen-bond donors (Lipinski definition) is 1. The Labute approximate surface area is 91.9 Å². The molecule has 1 aliphatic heterocycles. The molecule has 1 aromatic rings. The van der Waals surface area contributed by atoms with Crippen molar-refractivity contribution in [3.8, 4) is 0 Å². The zero-order chi connectivity index (χ0) is 10.3. The third-order valence-corrected chi connectivity index (χ3v) is 4.01. The molecule has 80 valence electrons. The number of hydrogen-bond acceptors (Lipinski definition) is 1. The van der Waals surface area contributed by atoms with Crippen molar-refractivity contribution in [3.63, 3.8) is 0 Å². The first-order valence-corrected chi connectivity index (χ1v) is 6.20. The molecule has 1 N–H and O–H groups in total. The van der Waals surface area contributed by atoms with Gasteiger partial charge in [-0.05, 0) is 66.9 Å². The molecule has 0 amide bonds. The lowest BCUT2D eigenvalue weighted by Crippen LogP contribution is -2.16. The number of benzene rings is 1. The first-order valence-electron chi connectivity index (χ1n) is 6.20. The molecule has 1 heterocycles. The molecule has 0 saturated heterocycles. The Bertz CT molecular complexity index is 381. The first-order chi connectivity index (χ1) is 7.36. The summed E-state index contributed by atoms with van der Waals surface area (Å²) in [7, 11) is 0. The zero-order valence-electron chi connectivity index (χ0n) is 9.47. The predicted molar refractivity (Wildman–Crippen MR) is 63.5 cm³/mol. The maximum Gasteiger partial charge on any atom is -0.000801 e. The maximum absolute atomic E-state index is 3.50. The highest BCUT2D eigenvalue weighted by Gasteiger charge is 2.23. The molecule has 15 heavy (non-hydrogen) atoms. The Balaban J connectivity index is 2.13. The molecule has 2 aliphatic rings. The van der Waals surface area contributed by atoms with Crippen molar-refractivity contribution in [1.82, 2.24) is 5.32 Å². The van der Waals surface area contributed by atoms with E-state index in [1.54, 1.807) is 22.3 Å². The van der Waals surface area contributed by atoms with Crippen LogP contribution < -0.4 is 5.32 Å². The molecule has 1 heteroatoms. The van der Waals surface area contributed by atoms with Crippen LogP contribution >= 0.6 is 0 Å². The third-order valence-electron chi connectivity index (χ3n) is 4.01. The van der Waals surface area contributed by atoms with Crippen molar-refractivity contribution in [2.24, 2.45) is 0 Å². The Morgan fingerprint density at radius 2 is 1.87 bits per heavy atom. The van der Waals surface area contributed by atoms with Crippen LogP contribution in [0.2, 0.25) is 0 Å². The van der Waals surface area contributed by atoms with Gasteiger partial charge in [0.25, 0.3) is 0 Å². The van der Waals surface area contributed by atoms with Gasteiger partial charge >= 0.3 is 0 Å². The fourth-order valence-electron chi connectivity index (χ4n) is 3.20. The molecule has 1 aliphatic carbocycles. The van der Waals surface area contributed by atoms with Crippen LogP contribution in [0.15, 0.2) is 12.1 Å². The van der Waals surface area contributed by atoms with E-state index >= 15 is 0 Å². The fraction of sp³-hybridized carbons (Fsp3) is 0.571. The van der Waals surface area contributed by atoms with Gasteiger partial charge in [-0.2, -0.15) is 0 Å². The molecule has 0 saturated carbocycles. The molecular weight excluding hydrogens is 182 g/mol. The van der Waals surface area contributed by atoms with Gasteiger partial charge in [0, 0.05) is 0 Å². The highest BCUT2D eigenvalue weighted by atomic mass is 14.8. The van der Waals surface area contributed by atoms with Gasteiger partial charge in [-0.3, -0.25) is 0 Å². The topological polar surface area (TPSA) is 12.0 Å². The van der Waals surface area contributed by atoms with Crippen molar-refractivity contribution in [3.05, 3.63) is 34.4 Å². The lowest BCUT2D eigenvalue weighted by Gasteiger charge is -2.14. The summed E-state index contributed by atoms with van der Waals surface area (Å²) in [5, 5.41) is 3.50. The smallest absolute Gasteiger partial charge is 0.000801 e. The van der Waals surface area contributed by atoms with Gasteiger partial charge in [-0.15, -0.1) is 0 Å². The normalized spacial score (nSPS) is 24.5. The monoisotopic (exact) mass is 201 g/mol. The molecule has 0 bridgehead atoms. The van der Waals surface area contributed by atoms with Crippen LogP contribution in [0.5, 0.6) is 0 Å². The lowest BCUT2D eigenvalue weighted by molar-refractivity contribution is 0.704. The predicted octanol–water partition coefficient (Wildman–Crippen LogP) is 2.42. The van der Waals surface area contributed by atoms with E-state index in [1.807, 2.05) is 0 Å². The van der Waals surface area contributed by atoms with Gasteiger partial charge < -0.3 is 5.32 Å². The molecule has 1 atom stereocenters. The van der Waals surface area contributed by atoms with Crippen LogP contribution in [0.3, 0.4) is 0 Å². The highest BCUT2D eigenvalue weighted by molar-refractivity contribution is 5.46. The van der Waals surface area contributed by atoms with E-state index in [1.165, 1.54) is 25.7 Å². The Hall–Kier alpha value is -0.820. The zero-order valence-corrected chi connectivity index (χ0v) is 9.47. The van der Waals surface area contributed by atoms with Crippen LogP contribution in [0.1, 0.15) is 41.5 Å². The number of nitrogens with one attached hydrogen (secondary N) is 1. The van der Waals surface area contributed by atoms with Crippen LogP contribution in [-0.2, 0) is 19.3 Å². The second-order valence-electron chi connectivity index (χ2n) is 4.97. The summed E-state index contributed by atoms with van der Waals surface area (Å²) in [6.07, 6.45) is 5.12. The van der Waals surface area contributed by atoms with Crippen LogP contribution in [0.25, 0.3) is 0 Å². The van der Waals surface area contributed by atoms with E-state index in [4.69, 9.17) is 0 Å². The van der Waals surface area contributed by atoms with Crippen molar-refractivity contribution in [2.45, 2.75) is 38.5 Å². The Kier molecular flexibility index (Phi) is 2.28. The summed E-state index contributed by atoms with van der Waals surface area (Å²) in [5.74, 6) is 0.799. The summed E-state index contributed by atoms with van der Waals surface area (Å²) < 4.78 is 0. The quantitative estimate of drug-likeness (QED) is 0.680. The summed E-state index contributed by atoms with van der Waals surface area (Å²) in [4.78, 5) is 0. The van der Waals surface area contributed by atoms with Crippen molar-refractivity contribution < 1.29 is 0 Å². The van der Waals surface area contributed by atoms with E-state index in [-0.39, 0.29) is 0 Å². The molecule has 1 aromatic carbocycles. The Morgan fingerprint density at radius 1 is 1.07 bits per heavy atom. The van der Waals surface area contributed by atoms with E-state index < -0.39 is 0 Å². The minimum atomic E-state index is 0.799. The summed E-state index contributed by atoms with van der Waals surface area (Å²) >= 11 is 0. The van der Waals surface area contributed by atoms with E-state index in [9.17, 15) is 0 Å². The first kappa shape index (κ1) is 9.41. The summed E-state index contributed by atoms with van der Waals surface area (Å²) in [6.45, 7) is 4.71. The SMILES string of the molecule is CC1CCc2ccc3c(c21)CCNCC3. The van der Waals surface area contributed by atoms with Gasteiger partial charge in [0.15, 0.2) is 0 Å². The Morgan fingerprint density at radius 3 is 2.80 bits per heavy atom. The molecule has 1 nitrogen and oxygen atoms in total. The van der Waals surface area contributed by atoms with Crippen LogP contribution in [-0.4, -0.2) is 13.1 Å². The number of aryl methyl sites for hydroxylation is 1. The third kappa shape index (κ3) is 1.50. The average molecular weight is 201 g/mol. The lowest BCUT2D eigenvalue weighted by atomic mass is 9.90. The molecule has 0 radical (unpaired) electrons. The van der Waals surface area contributed by atoms with Gasteiger partial charge in [0.2, 0.25) is 0 Å². The van der Waals surface area contributed by atoms with Gasteiger partial charge in [0.05, 0.1) is 0 Å². The molecule has 3 rings (SSSR count). The van der Waals surface area contributed by atoms with E-state index in [2.05, 4.69) is 24.4 Å². The van der Waals surface area contributed by atoms with Gasteiger partial charge in [0.1, 0.15) is 0 Å². The second kappa shape index (κ2) is 3.64.